The Morgan fingerprint density at radius 2 is 1.80 bits per heavy atom. The molecule has 0 spiro atoms. The molecule has 2 rings (SSSR count). The summed E-state index contributed by atoms with van der Waals surface area (Å²) >= 11 is 0. The SMILES string of the molecule is CC(C)N(C)C(=O)[C@@H]1CCCN(C2CCN(C)CC2)C1. The Balaban J connectivity index is 1.90. The van der Waals surface area contributed by atoms with Crippen LogP contribution in [0.2, 0.25) is 0 Å². The van der Waals surface area contributed by atoms with E-state index in [9.17, 15) is 4.79 Å². The minimum absolute atomic E-state index is 0.218. The summed E-state index contributed by atoms with van der Waals surface area (Å²) < 4.78 is 0. The van der Waals surface area contributed by atoms with Gasteiger partial charge in [0, 0.05) is 25.7 Å². The highest BCUT2D eigenvalue weighted by Crippen LogP contribution is 2.24. The van der Waals surface area contributed by atoms with Crippen molar-refractivity contribution in [2.24, 2.45) is 5.92 Å². The van der Waals surface area contributed by atoms with Crippen LogP contribution in [0, 0.1) is 5.92 Å². The zero-order chi connectivity index (χ0) is 14.7. The smallest absolute Gasteiger partial charge is 0.226 e. The van der Waals surface area contributed by atoms with E-state index in [4.69, 9.17) is 0 Å². The molecule has 0 aromatic heterocycles. The van der Waals surface area contributed by atoms with E-state index in [2.05, 4.69) is 30.7 Å². The predicted molar refractivity (Wildman–Crippen MR) is 82.7 cm³/mol. The monoisotopic (exact) mass is 281 g/mol. The lowest BCUT2D eigenvalue weighted by atomic mass is 9.93. The maximum Gasteiger partial charge on any atom is 0.226 e. The van der Waals surface area contributed by atoms with Gasteiger partial charge in [0.05, 0.1) is 5.92 Å². The molecule has 1 amide bonds. The highest BCUT2D eigenvalue weighted by atomic mass is 16.2. The summed E-state index contributed by atoms with van der Waals surface area (Å²) in [6.45, 7) is 8.75. The van der Waals surface area contributed by atoms with Gasteiger partial charge in [-0.1, -0.05) is 0 Å². The van der Waals surface area contributed by atoms with E-state index in [1.165, 1.54) is 38.9 Å². The normalized spacial score (nSPS) is 26.9. The first kappa shape index (κ1) is 15.8. The fraction of sp³-hybridized carbons (Fsp3) is 0.938. The number of hydrogen-bond donors (Lipinski definition) is 0. The molecule has 1 atom stereocenters. The maximum absolute atomic E-state index is 12.5. The molecule has 2 saturated heterocycles. The van der Waals surface area contributed by atoms with E-state index in [1.54, 1.807) is 0 Å². The standard InChI is InChI=1S/C16H31N3O/c1-13(2)18(4)16(20)14-6-5-9-19(12-14)15-7-10-17(3)11-8-15/h13-15H,5-12H2,1-4H3/t14-/m1/s1. The Labute approximate surface area is 124 Å². The van der Waals surface area contributed by atoms with E-state index in [-0.39, 0.29) is 5.92 Å². The quantitative estimate of drug-likeness (QED) is 0.787. The van der Waals surface area contributed by atoms with Gasteiger partial charge in [0.25, 0.3) is 0 Å². The van der Waals surface area contributed by atoms with Gasteiger partial charge in [0.15, 0.2) is 0 Å². The molecule has 0 aromatic carbocycles. The molecule has 0 radical (unpaired) electrons. The van der Waals surface area contributed by atoms with Crippen molar-refractivity contribution < 1.29 is 4.79 Å². The van der Waals surface area contributed by atoms with Crippen molar-refractivity contribution in [1.29, 1.82) is 0 Å². The van der Waals surface area contributed by atoms with Crippen LogP contribution in [0.3, 0.4) is 0 Å². The molecule has 4 heteroatoms. The van der Waals surface area contributed by atoms with Crippen LogP contribution in [0.25, 0.3) is 0 Å². The molecule has 0 N–H and O–H groups in total. The summed E-state index contributed by atoms with van der Waals surface area (Å²) in [5, 5.41) is 0. The molecule has 0 saturated carbocycles. The number of hydrogen-bond acceptors (Lipinski definition) is 3. The van der Waals surface area contributed by atoms with Crippen LogP contribution in [0.1, 0.15) is 39.5 Å². The summed E-state index contributed by atoms with van der Waals surface area (Å²) in [4.78, 5) is 19.4. The lowest BCUT2D eigenvalue weighted by Gasteiger charge is -2.42. The average molecular weight is 281 g/mol. The first-order valence-corrected chi connectivity index (χ1v) is 8.18. The molecule has 2 fully saturated rings. The third kappa shape index (κ3) is 3.73. The Morgan fingerprint density at radius 1 is 1.15 bits per heavy atom. The topological polar surface area (TPSA) is 26.8 Å². The van der Waals surface area contributed by atoms with Crippen molar-refractivity contribution >= 4 is 5.91 Å². The van der Waals surface area contributed by atoms with E-state index >= 15 is 0 Å². The Kier molecular flexibility index (Phi) is 5.44. The van der Waals surface area contributed by atoms with Crippen LogP contribution in [0.5, 0.6) is 0 Å². The number of carbonyl (C=O) groups is 1. The van der Waals surface area contributed by atoms with Crippen LogP contribution in [-0.2, 0) is 4.79 Å². The highest BCUT2D eigenvalue weighted by molar-refractivity contribution is 5.79. The first-order chi connectivity index (χ1) is 9.49. The molecule has 0 unspecified atom stereocenters. The Hall–Kier alpha value is -0.610. The molecular formula is C16H31N3O. The molecule has 0 bridgehead atoms. The summed E-state index contributed by atoms with van der Waals surface area (Å²) in [6, 6.07) is 1.01. The molecule has 2 aliphatic heterocycles. The largest absolute Gasteiger partial charge is 0.343 e. The molecule has 4 nitrogen and oxygen atoms in total. The lowest BCUT2D eigenvalue weighted by Crippen LogP contribution is -2.51. The van der Waals surface area contributed by atoms with Crippen molar-refractivity contribution in [3.8, 4) is 0 Å². The Bertz CT molecular complexity index is 324. The molecule has 20 heavy (non-hydrogen) atoms. The highest BCUT2D eigenvalue weighted by Gasteiger charge is 2.32. The van der Waals surface area contributed by atoms with Crippen LogP contribution in [0.15, 0.2) is 0 Å². The second-order valence-electron chi connectivity index (χ2n) is 6.91. The van der Waals surface area contributed by atoms with Crippen molar-refractivity contribution in [3.63, 3.8) is 0 Å². The van der Waals surface area contributed by atoms with E-state index in [1.807, 2.05) is 11.9 Å². The molecule has 0 aromatic rings. The molecule has 0 aliphatic carbocycles. The van der Waals surface area contributed by atoms with Gasteiger partial charge >= 0.3 is 0 Å². The number of rotatable bonds is 3. The van der Waals surface area contributed by atoms with Crippen molar-refractivity contribution in [2.75, 3.05) is 40.3 Å². The van der Waals surface area contributed by atoms with Gasteiger partial charge in [-0.15, -0.1) is 0 Å². The van der Waals surface area contributed by atoms with E-state index in [0.717, 1.165) is 13.0 Å². The van der Waals surface area contributed by atoms with Gasteiger partial charge in [-0.3, -0.25) is 9.69 Å². The number of piperidine rings is 2. The minimum atomic E-state index is 0.218. The van der Waals surface area contributed by atoms with Crippen LogP contribution in [-0.4, -0.2) is 73.0 Å². The molecule has 116 valence electrons. The van der Waals surface area contributed by atoms with E-state index in [0.29, 0.717) is 18.0 Å². The molecule has 2 aliphatic rings. The van der Waals surface area contributed by atoms with Crippen molar-refractivity contribution in [3.05, 3.63) is 0 Å². The lowest BCUT2D eigenvalue weighted by molar-refractivity contribution is -0.138. The van der Waals surface area contributed by atoms with Gasteiger partial charge < -0.3 is 9.80 Å². The summed E-state index contributed by atoms with van der Waals surface area (Å²) in [7, 11) is 4.15. The van der Waals surface area contributed by atoms with Gasteiger partial charge in [0.1, 0.15) is 0 Å². The predicted octanol–water partition coefficient (Wildman–Crippen LogP) is 1.66. The second-order valence-corrected chi connectivity index (χ2v) is 6.91. The first-order valence-electron chi connectivity index (χ1n) is 8.18. The van der Waals surface area contributed by atoms with Gasteiger partial charge in [0.2, 0.25) is 5.91 Å². The number of amides is 1. The minimum Gasteiger partial charge on any atom is -0.343 e. The second kappa shape index (κ2) is 6.90. The van der Waals surface area contributed by atoms with Crippen LogP contribution >= 0.6 is 0 Å². The third-order valence-electron chi connectivity index (χ3n) is 5.13. The molecule has 2 heterocycles. The summed E-state index contributed by atoms with van der Waals surface area (Å²) in [5.41, 5.74) is 0. The van der Waals surface area contributed by atoms with Gasteiger partial charge in [-0.05, 0) is 66.2 Å². The number of likely N-dealkylation sites (tertiary alicyclic amines) is 2. The Morgan fingerprint density at radius 3 is 2.40 bits per heavy atom. The maximum atomic E-state index is 12.5. The number of nitrogens with zero attached hydrogens (tertiary/aromatic N) is 3. The van der Waals surface area contributed by atoms with Crippen molar-refractivity contribution in [2.45, 2.75) is 51.6 Å². The van der Waals surface area contributed by atoms with Crippen LogP contribution < -0.4 is 0 Å². The fourth-order valence-corrected chi connectivity index (χ4v) is 3.44. The zero-order valence-electron chi connectivity index (χ0n) is 13.6. The summed E-state index contributed by atoms with van der Waals surface area (Å²) in [6.07, 6.45) is 4.77. The van der Waals surface area contributed by atoms with Gasteiger partial charge in [-0.25, -0.2) is 0 Å². The zero-order valence-corrected chi connectivity index (χ0v) is 13.6. The van der Waals surface area contributed by atoms with Crippen molar-refractivity contribution in [1.82, 2.24) is 14.7 Å². The average Bonchev–Trinajstić information content (AvgIpc) is 2.46. The fourth-order valence-electron chi connectivity index (χ4n) is 3.44. The third-order valence-corrected chi connectivity index (χ3v) is 5.13. The van der Waals surface area contributed by atoms with Gasteiger partial charge in [-0.2, -0.15) is 0 Å². The van der Waals surface area contributed by atoms with E-state index < -0.39 is 0 Å². The van der Waals surface area contributed by atoms with Crippen LogP contribution in [0.4, 0.5) is 0 Å². The molecular weight excluding hydrogens is 250 g/mol. The summed E-state index contributed by atoms with van der Waals surface area (Å²) in [5.74, 6) is 0.563. The number of carbonyl (C=O) groups excluding carboxylic acids is 1.